The molecule has 6 nitrogen and oxygen atoms in total. The molecule has 0 bridgehead atoms. The Morgan fingerprint density at radius 1 is 1.33 bits per heavy atom. The highest BCUT2D eigenvalue weighted by Gasteiger charge is 2.13. The number of hydrogen-bond donors (Lipinski definition) is 0. The molecule has 0 amide bonds. The molecule has 1 rings (SSSR count). The van der Waals surface area contributed by atoms with Gasteiger partial charge in [0.1, 0.15) is 5.78 Å². The summed E-state index contributed by atoms with van der Waals surface area (Å²) in [6, 6.07) is 0. The van der Waals surface area contributed by atoms with Gasteiger partial charge >= 0.3 is 0 Å². The minimum Gasteiger partial charge on any atom is -0.382 e. The van der Waals surface area contributed by atoms with Crippen molar-refractivity contribution < 1.29 is 18.8 Å². The third kappa shape index (κ3) is 5.37. The van der Waals surface area contributed by atoms with Gasteiger partial charge in [-0.15, -0.1) is 0 Å². The van der Waals surface area contributed by atoms with Gasteiger partial charge in [-0.2, -0.15) is 4.98 Å². The Bertz CT molecular complexity index is 363. The van der Waals surface area contributed by atoms with Crippen molar-refractivity contribution >= 4 is 5.78 Å². The van der Waals surface area contributed by atoms with E-state index in [4.69, 9.17) is 14.0 Å². The molecule has 0 aliphatic rings. The second kappa shape index (κ2) is 7.94. The van der Waals surface area contributed by atoms with E-state index in [9.17, 15) is 4.79 Å². The van der Waals surface area contributed by atoms with Crippen LogP contribution in [0.5, 0.6) is 0 Å². The Labute approximate surface area is 107 Å². The van der Waals surface area contributed by atoms with Crippen LogP contribution in [0.4, 0.5) is 0 Å². The molecule has 18 heavy (non-hydrogen) atoms. The van der Waals surface area contributed by atoms with Gasteiger partial charge in [-0.05, 0) is 0 Å². The van der Waals surface area contributed by atoms with Gasteiger partial charge in [0.25, 0.3) is 0 Å². The third-order valence-corrected chi connectivity index (χ3v) is 2.38. The molecule has 0 saturated heterocycles. The molecule has 0 saturated carbocycles. The summed E-state index contributed by atoms with van der Waals surface area (Å²) in [5.41, 5.74) is 0. The van der Waals surface area contributed by atoms with Crippen molar-refractivity contribution in [3.8, 4) is 0 Å². The van der Waals surface area contributed by atoms with Gasteiger partial charge in [-0.1, -0.05) is 19.0 Å². The molecule has 0 spiro atoms. The summed E-state index contributed by atoms with van der Waals surface area (Å²) in [6.07, 6.45) is 0.776. The smallest absolute Gasteiger partial charge is 0.234 e. The molecule has 1 aromatic rings. The fourth-order valence-electron chi connectivity index (χ4n) is 1.22. The fraction of sp³-hybridized carbons (Fsp3) is 0.750. The highest BCUT2D eigenvalue weighted by molar-refractivity contribution is 5.81. The summed E-state index contributed by atoms with van der Waals surface area (Å²) in [4.78, 5) is 15.6. The van der Waals surface area contributed by atoms with Gasteiger partial charge in [0.2, 0.25) is 5.89 Å². The van der Waals surface area contributed by atoms with E-state index in [1.54, 1.807) is 7.11 Å². The standard InChI is InChI=1S/C12H20N2O4/c1-9(2)10(15)8-12-13-11(14-18-12)4-5-17-7-6-16-3/h9H,4-8H2,1-3H3. The number of carbonyl (C=O) groups excluding carboxylic acids is 1. The maximum absolute atomic E-state index is 11.5. The molecule has 0 fully saturated rings. The molecule has 0 aliphatic carbocycles. The molecule has 1 aromatic heterocycles. The minimum atomic E-state index is -0.0160. The number of carbonyl (C=O) groups is 1. The van der Waals surface area contributed by atoms with Crippen LogP contribution < -0.4 is 0 Å². The average molecular weight is 256 g/mol. The number of ketones is 1. The molecular formula is C12H20N2O4. The van der Waals surface area contributed by atoms with Crippen molar-refractivity contribution in [1.29, 1.82) is 0 Å². The Balaban J connectivity index is 2.28. The Kier molecular flexibility index (Phi) is 6.53. The fourth-order valence-corrected chi connectivity index (χ4v) is 1.22. The number of ether oxygens (including phenoxy) is 2. The number of hydrogen-bond acceptors (Lipinski definition) is 6. The maximum Gasteiger partial charge on any atom is 0.234 e. The highest BCUT2D eigenvalue weighted by Crippen LogP contribution is 2.04. The molecular weight excluding hydrogens is 236 g/mol. The summed E-state index contributed by atoms with van der Waals surface area (Å²) in [7, 11) is 1.63. The minimum absolute atomic E-state index is 0.0160. The number of aromatic nitrogens is 2. The number of Topliss-reactive ketones (excluding diaryl/α,β-unsaturated/α-hetero) is 1. The summed E-state index contributed by atoms with van der Waals surface area (Å²) in [5, 5.41) is 3.80. The van der Waals surface area contributed by atoms with Gasteiger partial charge in [0.15, 0.2) is 5.82 Å². The van der Waals surface area contributed by atoms with E-state index >= 15 is 0 Å². The number of nitrogens with zero attached hydrogens (tertiary/aromatic N) is 2. The largest absolute Gasteiger partial charge is 0.382 e. The molecule has 0 N–H and O–H groups in total. The quantitative estimate of drug-likeness (QED) is 0.615. The van der Waals surface area contributed by atoms with Crippen molar-refractivity contribution in [1.82, 2.24) is 10.1 Å². The SMILES string of the molecule is COCCOCCc1noc(CC(=O)C(C)C)n1. The molecule has 0 radical (unpaired) electrons. The first-order valence-corrected chi connectivity index (χ1v) is 6.04. The second-order valence-corrected chi connectivity index (χ2v) is 4.26. The molecule has 102 valence electrons. The molecule has 0 aromatic carbocycles. The van der Waals surface area contributed by atoms with Crippen LogP contribution in [-0.4, -0.2) is 42.9 Å². The van der Waals surface area contributed by atoms with E-state index in [0.717, 1.165) is 0 Å². The second-order valence-electron chi connectivity index (χ2n) is 4.26. The van der Waals surface area contributed by atoms with E-state index in [0.29, 0.717) is 38.0 Å². The predicted octanol–water partition coefficient (Wildman–Crippen LogP) is 1.04. The van der Waals surface area contributed by atoms with Crippen LogP contribution in [0.15, 0.2) is 4.52 Å². The zero-order valence-corrected chi connectivity index (χ0v) is 11.1. The zero-order valence-electron chi connectivity index (χ0n) is 11.1. The molecule has 0 atom stereocenters. The first-order chi connectivity index (χ1) is 8.63. The zero-order chi connectivity index (χ0) is 13.4. The summed E-state index contributed by atoms with van der Waals surface area (Å²) >= 11 is 0. The van der Waals surface area contributed by atoms with Crippen LogP contribution in [-0.2, 0) is 27.1 Å². The van der Waals surface area contributed by atoms with Crippen LogP contribution in [0.3, 0.4) is 0 Å². The van der Waals surface area contributed by atoms with Crippen molar-refractivity contribution in [3.63, 3.8) is 0 Å². The average Bonchev–Trinajstić information content (AvgIpc) is 2.76. The van der Waals surface area contributed by atoms with Crippen molar-refractivity contribution in [2.45, 2.75) is 26.7 Å². The lowest BCUT2D eigenvalue weighted by Gasteiger charge is -2.00. The van der Waals surface area contributed by atoms with E-state index in [2.05, 4.69) is 10.1 Å². The molecule has 1 heterocycles. The summed E-state index contributed by atoms with van der Waals surface area (Å²) in [6.45, 7) is 5.33. The maximum atomic E-state index is 11.5. The van der Waals surface area contributed by atoms with Crippen molar-refractivity contribution in [3.05, 3.63) is 11.7 Å². The summed E-state index contributed by atoms with van der Waals surface area (Å²) in [5.74, 6) is 1.03. The van der Waals surface area contributed by atoms with E-state index in [1.807, 2.05) is 13.8 Å². The number of rotatable bonds is 9. The normalized spacial score (nSPS) is 11.1. The van der Waals surface area contributed by atoms with Gasteiger partial charge in [0, 0.05) is 19.4 Å². The first kappa shape index (κ1) is 14.8. The lowest BCUT2D eigenvalue weighted by molar-refractivity contribution is -0.121. The molecule has 6 heteroatoms. The third-order valence-electron chi connectivity index (χ3n) is 2.38. The van der Waals surface area contributed by atoms with Gasteiger partial charge < -0.3 is 14.0 Å². The first-order valence-electron chi connectivity index (χ1n) is 6.04. The molecule has 0 unspecified atom stereocenters. The van der Waals surface area contributed by atoms with Crippen LogP contribution in [0, 0.1) is 5.92 Å². The monoisotopic (exact) mass is 256 g/mol. The summed E-state index contributed by atoms with van der Waals surface area (Å²) < 4.78 is 15.1. The Morgan fingerprint density at radius 3 is 2.78 bits per heavy atom. The predicted molar refractivity (Wildman–Crippen MR) is 64.2 cm³/mol. The van der Waals surface area contributed by atoms with Gasteiger partial charge in [0.05, 0.1) is 26.2 Å². The van der Waals surface area contributed by atoms with E-state index < -0.39 is 0 Å². The Morgan fingerprint density at radius 2 is 2.11 bits per heavy atom. The van der Waals surface area contributed by atoms with Crippen LogP contribution >= 0.6 is 0 Å². The van der Waals surface area contributed by atoms with E-state index in [1.165, 1.54) is 0 Å². The van der Waals surface area contributed by atoms with Crippen molar-refractivity contribution in [2.75, 3.05) is 26.9 Å². The van der Waals surface area contributed by atoms with Gasteiger partial charge in [-0.3, -0.25) is 4.79 Å². The van der Waals surface area contributed by atoms with Crippen LogP contribution in [0.25, 0.3) is 0 Å². The topological polar surface area (TPSA) is 74.5 Å². The lowest BCUT2D eigenvalue weighted by Crippen LogP contribution is -2.10. The molecule has 0 aliphatic heterocycles. The highest BCUT2D eigenvalue weighted by atomic mass is 16.5. The van der Waals surface area contributed by atoms with Crippen molar-refractivity contribution in [2.24, 2.45) is 5.92 Å². The van der Waals surface area contributed by atoms with E-state index in [-0.39, 0.29) is 18.1 Å². The lowest BCUT2D eigenvalue weighted by atomic mass is 10.1. The number of methoxy groups -OCH3 is 1. The van der Waals surface area contributed by atoms with Gasteiger partial charge in [-0.25, -0.2) is 0 Å². The van der Waals surface area contributed by atoms with Crippen LogP contribution in [0.1, 0.15) is 25.6 Å². The van der Waals surface area contributed by atoms with Crippen LogP contribution in [0.2, 0.25) is 0 Å². The Hall–Kier alpha value is -1.27.